The smallest absolute Gasteiger partial charge is 0.341 e. The molecule has 8 nitrogen and oxygen atoms in total. The summed E-state index contributed by atoms with van der Waals surface area (Å²) in [6.07, 6.45) is 2.75. The van der Waals surface area contributed by atoms with Crippen LogP contribution in [0.2, 0.25) is 0 Å². The molecule has 0 saturated carbocycles. The topological polar surface area (TPSA) is 105 Å². The third kappa shape index (κ3) is 3.22. The van der Waals surface area contributed by atoms with Crippen molar-refractivity contribution in [1.29, 1.82) is 0 Å². The average molecular weight is 402 g/mol. The summed E-state index contributed by atoms with van der Waals surface area (Å²) in [7, 11) is 0. The molecule has 0 fully saturated rings. The molecule has 0 atom stereocenters. The van der Waals surface area contributed by atoms with E-state index in [9.17, 15) is 23.5 Å². The Bertz CT molecular complexity index is 1160. The molecular formula is C19H16F2N4O4. The van der Waals surface area contributed by atoms with Gasteiger partial charge in [0.1, 0.15) is 29.2 Å². The van der Waals surface area contributed by atoms with Gasteiger partial charge in [-0.25, -0.2) is 18.6 Å². The zero-order chi connectivity index (χ0) is 20.5. The summed E-state index contributed by atoms with van der Waals surface area (Å²) in [6, 6.07) is 5.35. The monoisotopic (exact) mass is 402 g/mol. The first-order chi connectivity index (χ1) is 14.0. The Kier molecular flexibility index (Phi) is 4.75. The molecule has 4 rings (SSSR count). The SMILES string of the molecule is O=C(O)c1cn2c3c(c(NCCNc4ccccn4)c(F)c(F)c3c1=O)OCC2. The van der Waals surface area contributed by atoms with Crippen molar-refractivity contribution in [2.45, 2.75) is 6.54 Å². The van der Waals surface area contributed by atoms with Crippen molar-refractivity contribution in [2.24, 2.45) is 0 Å². The molecule has 0 spiro atoms. The molecule has 0 unspecified atom stereocenters. The van der Waals surface area contributed by atoms with Crippen LogP contribution in [-0.2, 0) is 6.54 Å². The lowest BCUT2D eigenvalue weighted by molar-refractivity contribution is 0.0694. The normalized spacial score (nSPS) is 12.5. The van der Waals surface area contributed by atoms with Crippen molar-refractivity contribution in [3.05, 3.63) is 58.0 Å². The van der Waals surface area contributed by atoms with Crippen LogP contribution in [-0.4, -0.2) is 40.3 Å². The van der Waals surface area contributed by atoms with Gasteiger partial charge in [0.25, 0.3) is 0 Å². The number of nitrogens with zero attached hydrogens (tertiary/aromatic N) is 2. The van der Waals surface area contributed by atoms with Crippen molar-refractivity contribution >= 4 is 28.4 Å². The third-order valence-electron chi connectivity index (χ3n) is 4.56. The van der Waals surface area contributed by atoms with Crippen LogP contribution >= 0.6 is 0 Å². The Hall–Kier alpha value is -3.69. The van der Waals surface area contributed by atoms with Crippen molar-refractivity contribution in [3.8, 4) is 5.75 Å². The second-order valence-electron chi connectivity index (χ2n) is 6.34. The number of hydrogen-bond acceptors (Lipinski definition) is 6. The molecular weight excluding hydrogens is 386 g/mol. The van der Waals surface area contributed by atoms with Crippen molar-refractivity contribution in [2.75, 3.05) is 30.3 Å². The van der Waals surface area contributed by atoms with Crippen LogP contribution in [0, 0.1) is 11.6 Å². The molecule has 3 heterocycles. The Balaban J connectivity index is 1.71. The molecule has 3 aromatic rings. The molecule has 29 heavy (non-hydrogen) atoms. The van der Waals surface area contributed by atoms with E-state index in [-0.39, 0.29) is 36.6 Å². The Morgan fingerprint density at radius 2 is 2.03 bits per heavy atom. The molecule has 1 aliphatic rings. The van der Waals surface area contributed by atoms with E-state index in [0.29, 0.717) is 12.4 Å². The van der Waals surface area contributed by atoms with Crippen LogP contribution in [0.5, 0.6) is 5.75 Å². The van der Waals surface area contributed by atoms with Gasteiger partial charge in [0.05, 0.1) is 11.9 Å². The minimum absolute atomic E-state index is 0.0166. The largest absolute Gasteiger partial charge is 0.487 e. The van der Waals surface area contributed by atoms with Gasteiger partial charge >= 0.3 is 5.97 Å². The highest BCUT2D eigenvalue weighted by atomic mass is 19.2. The van der Waals surface area contributed by atoms with Crippen LogP contribution in [0.3, 0.4) is 0 Å². The van der Waals surface area contributed by atoms with Gasteiger partial charge in [-0.15, -0.1) is 0 Å². The summed E-state index contributed by atoms with van der Waals surface area (Å²) < 4.78 is 36.4. The van der Waals surface area contributed by atoms with Crippen molar-refractivity contribution in [1.82, 2.24) is 9.55 Å². The Morgan fingerprint density at radius 3 is 2.76 bits per heavy atom. The zero-order valence-electron chi connectivity index (χ0n) is 15.0. The van der Waals surface area contributed by atoms with E-state index in [1.54, 1.807) is 18.3 Å². The summed E-state index contributed by atoms with van der Waals surface area (Å²) in [6.45, 7) is 0.901. The number of aromatic carboxylic acids is 1. The number of carboxylic acids is 1. The lowest BCUT2D eigenvalue weighted by Gasteiger charge is -2.24. The summed E-state index contributed by atoms with van der Waals surface area (Å²) in [5, 5.41) is 14.4. The minimum Gasteiger partial charge on any atom is -0.487 e. The highest BCUT2D eigenvalue weighted by Gasteiger charge is 2.29. The summed E-state index contributed by atoms with van der Waals surface area (Å²) in [5.74, 6) is -3.59. The lowest BCUT2D eigenvalue weighted by Crippen LogP contribution is -2.26. The van der Waals surface area contributed by atoms with E-state index in [1.807, 2.05) is 6.07 Å². The van der Waals surface area contributed by atoms with Gasteiger partial charge in [-0.05, 0) is 12.1 Å². The maximum absolute atomic E-state index is 14.8. The highest BCUT2D eigenvalue weighted by Crippen LogP contribution is 2.39. The fourth-order valence-corrected chi connectivity index (χ4v) is 3.27. The quantitative estimate of drug-likeness (QED) is 0.543. The molecule has 3 N–H and O–H groups in total. The predicted molar refractivity (Wildman–Crippen MR) is 102 cm³/mol. The third-order valence-corrected chi connectivity index (χ3v) is 4.56. The predicted octanol–water partition coefficient (Wildman–Crippen LogP) is 2.29. The van der Waals surface area contributed by atoms with E-state index < -0.39 is 34.0 Å². The molecule has 0 amide bonds. The fourth-order valence-electron chi connectivity index (χ4n) is 3.27. The Labute approximate surface area is 162 Å². The molecule has 0 radical (unpaired) electrons. The number of halogens is 2. The number of carbonyl (C=O) groups is 1. The number of benzene rings is 1. The molecule has 10 heteroatoms. The molecule has 1 aliphatic heterocycles. The number of ether oxygens (including phenoxy) is 1. The minimum atomic E-state index is -1.50. The van der Waals surface area contributed by atoms with E-state index in [4.69, 9.17) is 4.74 Å². The van der Waals surface area contributed by atoms with Crippen LogP contribution in [0.15, 0.2) is 35.4 Å². The van der Waals surface area contributed by atoms with Crippen molar-refractivity contribution in [3.63, 3.8) is 0 Å². The first kappa shape index (κ1) is 18.7. The van der Waals surface area contributed by atoms with Crippen LogP contribution in [0.25, 0.3) is 10.9 Å². The first-order valence-corrected chi connectivity index (χ1v) is 8.82. The zero-order valence-corrected chi connectivity index (χ0v) is 15.0. The lowest BCUT2D eigenvalue weighted by atomic mass is 10.1. The van der Waals surface area contributed by atoms with Gasteiger partial charge in [0, 0.05) is 25.5 Å². The van der Waals surface area contributed by atoms with Crippen LogP contribution in [0.1, 0.15) is 10.4 Å². The van der Waals surface area contributed by atoms with E-state index in [0.717, 1.165) is 6.20 Å². The number of nitrogens with one attached hydrogen (secondary N) is 2. The van der Waals surface area contributed by atoms with Crippen LogP contribution < -0.4 is 20.8 Å². The molecule has 2 aromatic heterocycles. The van der Waals surface area contributed by atoms with Crippen LogP contribution in [0.4, 0.5) is 20.3 Å². The van der Waals surface area contributed by atoms with E-state index >= 15 is 0 Å². The molecule has 0 aliphatic carbocycles. The second kappa shape index (κ2) is 7.38. The molecule has 0 saturated heterocycles. The average Bonchev–Trinajstić information content (AvgIpc) is 2.72. The van der Waals surface area contributed by atoms with Gasteiger partial charge in [0.2, 0.25) is 5.43 Å². The standard InChI is InChI=1S/C19H16F2N4O4/c20-13-12-16-18(29-8-7-25(16)9-10(17(12)26)19(27)28)15(14(13)21)24-6-5-23-11-3-1-2-4-22-11/h1-4,9,24H,5-8H2,(H,22,23)(H,27,28). The first-order valence-electron chi connectivity index (χ1n) is 8.82. The van der Waals surface area contributed by atoms with Gasteiger partial charge < -0.3 is 25.0 Å². The second-order valence-corrected chi connectivity index (χ2v) is 6.34. The summed E-state index contributed by atoms with van der Waals surface area (Å²) in [4.78, 5) is 27.8. The number of aromatic nitrogens is 2. The van der Waals surface area contributed by atoms with E-state index in [1.165, 1.54) is 4.57 Å². The number of hydrogen-bond donors (Lipinski definition) is 3. The number of carboxylic acid groups (broad SMARTS) is 1. The van der Waals surface area contributed by atoms with Gasteiger partial charge in [-0.3, -0.25) is 4.79 Å². The van der Waals surface area contributed by atoms with Gasteiger partial charge in [-0.2, -0.15) is 0 Å². The Morgan fingerprint density at radius 1 is 1.24 bits per heavy atom. The molecule has 150 valence electrons. The number of pyridine rings is 2. The van der Waals surface area contributed by atoms with Gasteiger partial charge in [0.15, 0.2) is 17.4 Å². The maximum atomic E-state index is 14.8. The summed E-state index contributed by atoms with van der Waals surface area (Å²) in [5.41, 5.74) is -1.89. The fraction of sp³-hybridized carbons (Fsp3) is 0.211. The number of anilines is 2. The van der Waals surface area contributed by atoms with E-state index in [2.05, 4.69) is 15.6 Å². The van der Waals surface area contributed by atoms with Crippen molar-refractivity contribution < 1.29 is 23.4 Å². The number of rotatable bonds is 6. The van der Waals surface area contributed by atoms with Gasteiger partial charge in [-0.1, -0.05) is 6.07 Å². The molecule has 0 bridgehead atoms. The molecule has 1 aromatic carbocycles. The summed E-state index contributed by atoms with van der Waals surface area (Å²) >= 11 is 0. The maximum Gasteiger partial charge on any atom is 0.341 e. The highest BCUT2D eigenvalue weighted by molar-refractivity contribution is 5.97.